The van der Waals surface area contributed by atoms with Crippen LogP contribution in [0.1, 0.15) is 46.0 Å². The molecule has 0 bridgehead atoms. The molecule has 1 heterocycles. The zero-order chi connectivity index (χ0) is 12.6. The number of nitrogens with zero attached hydrogens (tertiary/aromatic N) is 1. The number of hydrogen-bond acceptors (Lipinski definition) is 2. The molecule has 1 saturated heterocycles. The molecule has 4 heteroatoms. The topological polar surface area (TPSA) is 57.6 Å². The van der Waals surface area contributed by atoms with Gasteiger partial charge in [0.05, 0.1) is 5.92 Å². The fourth-order valence-corrected chi connectivity index (χ4v) is 3.17. The molecule has 17 heavy (non-hydrogen) atoms. The maximum absolute atomic E-state index is 11.9. The lowest BCUT2D eigenvalue weighted by atomic mass is 9.75. The fraction of sp³-hybridized carbons (Fsp3) is 0.846. The Morgan fingerprint density at radius 3 is 2.71 bits per heavy atom. The summed E-state index contributed by atoms with van der Waals surface area (Å²) in [5.41, 5.74) is 0.282. The number of hydrogen-bond donors (Lipinski definition) is 1. The molecule has 1 aliphatic carbocycles. The summed E-state index contributed by atoms with van der Waals surface area (Å²) >= 11 is 0. The summed E-state index contributed by atoms with van der Waals surface area (Å²) in [7, 11) is 0. The molecular formula is C13H21NO3. The lowest BCUT2D eigenvalue weighted by Crippen LogP contribution is -2.42. The maximum Gasteiger partial charge on any atom is 0.308 e. The van der Waals surface area contributed by atoms with E-state index in [4.69, 9.17) is 5.11 Å². The molecule has 0 aromatic carbocycles. The standard InChI is InChI=1S/C13H21NO3/c1-13(2)5-3-4-10(7-13)14-8-9(12(16)17)6-11(14)15/h9-10H,3-8H2,1-2H3,(H,16,17). The molecule has 2 fully saturated rings. The van der Waals surface area contributed by atoms with Gasteiger partial charge in [0, 0.05) is 19.0 Å². The van der Waals surface area contributed by atoms with Gasteiger partial charge in [0.25, 0.3) is 0 Å². The highest BCUT2D eigenvalue weighted by Crippen LogP contribution is 2.38. The second-order valence-corrected chi connectivity index (χ2v) is 6.20. The number of carbonyl (C=O) groups excluding carboxylic acids is 1. The van der Waals surface area contributed by atoms with Crippen LogP contribution in [0.3, 0.4) is 0 Å². The third-order valence-corrected chi connectivity index (χ3v) is 4.13. The van der Waals surface area contributed by atoms with E-state index in [0.717, 1.165) is 19.3 Å². The second-order valence-electron chi connectivity index (χ2n) is 6.20. The van der Waals surface area contributed by atoms with Gasteiger partial charge in [0.1, 0.15) is 0 Å². The third-order valence-electron chi connectivity index (χ3n) is 4.13. The zero-order valence-corrected chi connectivity index (χ0v) is 10.6. The molecule has 2 rings (SSSR count). The van der Waals surface area contributed by atoms with Crippen molar-refractivity contribution in [3.05, 3.63) is 0 Å². The number of carboxylic acids is 1. The molecule has 0 aromatic rings. The van der Waals surface area contributed by atoms with Crippen LogP contribution < -0.4 is 0 Å². The molecule has 1 saturated carbocycles. The van der Waals surface area contributed by atoms with E-state index in [1.54, 1.807) is 0 Å². The average molecular weight is 239 g/mol. The van der Waals surface area contributed by atoms with Crippen molar-refractivity contribution >= 4 is 11.9 Å². The summed E-state index contributed by atoms with van der Waals surface area (Å²) in [5.74, 6) is -1.30. The number of carbonyl (C=O) groups is 2. The van der Waals surface area contributed by atoms with Crippen molar-refractivity contribution in [2.24, 2.45) is 11.3 Å². The van der Waals surface area contributed by atoms with E-state index < -0.39 is 11.9 Å². The molecule has 1 N–H and O–H groups in total. The van der Waals surface area contributed by atoms with E-state index in [-0.39, 0.29) is 23.8 Å². The third kappa shape index (κ3) is 2.61. The summed E-state index contributed by atoms with van der Waals surface area (Å²) in [6.45, 7) is 4.87. The highest BCUT2D eigenvalue weighted by molar-refractivity contribution is 5.86. The van der Waals surface area contributed by atoms with E-state index in [0.29, 0.717) is 6.54 Å². The zero-order valence-electron chi connectivity index (χ0n) is 10.6. The van der Waals surface area contributed by atoms with Crippen molar-refractivity contribution < 1.29 is 14.7 Å². The minimum Gasteiger partial charge on any atom is -0.481 e. The van der Waals surface area contributed by atoms with Crippen LogP contribution in [0.5, 0.6) is 0 Å². The van der Waals surface area contributed by atoms with Crippen LogP contribution >= 0.6 is 0 Å². The molecule has 2 unspecified atom stereocenters. The van der Waals surface area contributed by atoms with Crippen molar-refractivity contribution in [2.75, 3.05) is 6.54 Å². The summed E-state index contributed by atoms with van der Waals surface area (Å²) in [4.78, 5) is 24.6. The number of aliphatic carboxylic acids is 1. The van der Waals surface area contributed by atoms with Crippen molar-refractivity contribution in [1.82, 2.24) is 4.90 Å². The highest BCUT2D eigenvalue weighted by atomic mass is 16.4. The van der Waals surface area contributed by atoms with Gasteiger partial charge in [-0.2, -0.15) is 0 Å². The summed E-state index contributed by atoms with van der Waals surface area (Å²) in [6, 6.07) is 0.260. The van der Waals surface area contributed by atoms with E-state index >= 15 is 0 Å². The lowest BCUT2D eigenvalue weighted by Gasteiger charge is -2.39. The first-order chi connectivity index (χ1) is 7.89. The predicted octanol–water partition coefficient (Wildman–Crippen LogP) is 1.89. The molecule has 2 aliphatic rings. The van der Waals surface area contributed by atoms with Crippen molar-refractivity contribution in [3.63, 3.8) is 0 Å². The van der Waals surface area contributed by atoms with Gasteiger partial charge < -0.3 is 10.0 Å². The van der Waals surface area contributed by atoms with Gasteiger partial charge in [0.15, 0.2) is 0 Å². The van der Waals surface area contributed by atoms with E-state index in [2.05, 4.69) is 13.8 Å². The van der Waals surface area contributed by atoms with Gasteiger partial charge in [-0.05, 0) is 24.7 Å². The average Bonchev–Trinajstić information content (AvgIpc) is 2.59. The molecule has 0 spiro atoms. The van der Waals surface area contributed by atoms with Gasteiger partial charge in [0.2, 0.25) is 5.91 Å². The number of carboxylic acid groups (broad SMARTS) is 1. The minimum absolute atomic E-state index is 0.0279. The molecule has 1 amide bonds. The SMILES string of the molecule is CC1(C)CCCC(N2CC(C(=O)O)CC2=O)C1. The molecule has 0 radical (unpaired) electrons. The maximum atomic E-state index is 11.9. The van der Waals surface area contributed by atoms with Crippen LogP contribution in [0, 0.1) is 11.3 Å². The Labute approximate surface area is 102 Å². The molecule has 1 aliphatic heterocycles. The Hall–Kier alpha value is -1.06. The number of likely N-dealkylation sites (tertiary alicyclic amines) is 1. The minimum atomic E-state index is -0.837. The van der Waals surface area contributed by atoms with Gasteiger partial charge >= 0.3 is 5.97 Å². The molecule has 2 atom stereocenters. The van der Waals surface area contributed by atoms with Crippen LogP contribution in [0.4, 0.5) is 0 Å². The monoisotopic (exact) mass is 239 g/mol. The summed E-state index contributed by atoms with van der Waals surface area (Å²) in [5, 5.41) is 8.97. The Morgan fingerprint density at radius 2 is 2.18 bits per heavy atom. The first kappa shape index (κ1) is 12.4. The van der Waals surface area contributed by atoms with Crippen molar-refractivity contribution in [3.8, 4) is 0 Å². The number of rotatable bonds is 2. The normalized spacial score (nSPS) is 32.8. The van der Waals surface area contributed by atoms with Gasteiger partial charge in [-0.15, -0.1) is 0 Å². The van der Waals surface area contributed by atoms with Crippen molar-refractivity contribution in [2.45, 2.75) is 52.0 Å². The Kier molecular flexibility index (Phi) is 3.15. The first-order valence-electron chi connectivity index (χ1n) is 6.41. The highest BCUT2D eigenvalue weighted by Gasteiger charge is 2.40. The Bertz CT molecular complexity index is 338. The summed E-state index contributed by atoms with van der Waals surface area (Å²) < 4.78 is 0. The molecule has 0 aromatic heterocycles. The van der Waals surface area contributed by atoms with Crippen LogP contribution in [-0.4, -0.2) is 34.5 Å². The van der Waals surface area contributed by atoms with E-state index in [1.807, 2.05) is 4.90 Å². The second kappa shape index (κ2) is 4.31. The molecule has 96 valence electrons. The van der Waals surface area contributed by atoms with Gasteiger partial charge in [-0.25, -0.2) is 0 Å². The fourth-order valence-electron chi connectivity index (χ4n) is 3.17. The lowest BCUT2D eigenvalue weighted by molar-refractivity contribution is -0.141. The van der Waals surface area contributed by atoms with E-state index in [1.165, 1.54) is 6.42 Å². The summed E-state index contributed by atoms with van der Waals surface area (Å²) in [6.07, 6.45) is 4.56. The molecular weight excluding hydrogens is 218 g/mol. The largest absolute Gasteiger partial charge is 0.481 e. The van der Waals surface area contributed by atoms with Crippen LogP contribution in [0.2, 0.25) is 0 Å². The van der Waals surface area contributed by atoms with Gasteiger partial charge in [-0.3, -0.25) is 9.59 Å². The smallest absolute Gasteiger partial charge is 0.308 e. The quantitative estimate of drug-likeness (QED) is 0.800. The van der Waals surface area contributed by atoms with E-state index in [9.17, 15) is 9.59 Å². The Morgan fingerprint density at radius 1 is 1.47 bits per heavy atom. The number of amides is 1. The first-order valence-corrected chi connectivity index (χ1v) is 6.41. The van der Waals surface area contributed by atoms with Crippen LogP contribution in [0.15, 0.2) is 0 Å². The molecule has 4 nitrogen and oxygen atoms in total. The Balaban J connectivity index is 2.03. The van der Waals surface area contributed by atoms with Crippen LogP contribution in [-0.2, 0) is 9.59 Å². The van der Waals surface area contributed by atoms with Gasteiger partial charge in [-0.1, -0.05) is 20.3 Å². The van der Waals surface area contributed by atoms with Crippen LogP contribution in [0.25, 0.3) is 0 Å². The van der Waals surface area contributed by atoms with Crippen molar-refractivity contribution in [1.29, 1.82) is 0 Å². The predicted molar refractivity (Wildman–Crippen MR) is 63.5 cm³/mol.